The zero-order valence-electron chi connectivity index (χ0n) is 19.6. The van der Waals surface area contributed by atoms with E-state index >= 15 is 0 Å². The fourth-order valence-electron chi connectivity index (χ4n) is 3.17. The second-order valence-corrected chi connectivity index (χ2v) is 8.47. The molecule has 0 aliphatic rings. The summed E-state index contributed by atoms with van der Waals surface area (Å²) in [6.45, 7) is 0.205. The van der Waals surface area contributed by atoms with Gasteiger partial charge in [0.15, 0.2) is 11.5 Å². The molecule has 0 spiro atoms. The van der Waals surface area contributed by atoms with Crippen LogP contribution in [0.2, 0.25) is 0 Å². The van der Waals surface area contributed by atoms with Crippen molar-refractivity contribution in [2.45, 2.75) is 13.0 Å². The molecule has 0 aliphatic heterocycles. The summed E-state index contributed by atoms with van der Waals surface area (Å²) in [4.78, 5) is 24.3. The summed E-state index contributed by atoms with van der Waals surface area (Å²) in [6.07, 6.45) is 1.03. The number of hydrogen-bond acceptors (Lipinski definition) is 7. The summed E-state index contributed by atoms with van der Waals surface area (Å²) in [6, 6.07) is 19.8. The molecule has 0 saturated carbocycles. The molecular formula is C26H23IN4O5. The molecular weight excluding hydrogens is 575 g/mol. The largest absolute Gasteiger partial charge is 0.495 e. The number of ether oxygens (including phenoxy) is 3. The average Bonchev–Trinajstić information content (AvgIpc) is 2.88. The lowest BCUT2D eigenvalue weighted by Crippen LogP contribution is -2.24. The molecule has 3 rings (SSSR count). The third kappa shape index (κ3) is 7.19. The van der Waals surface area contributed by atoms with E-state index in [-0.39, 0.29) is 6.61 Å². The molecule has 3 aromatic carbocycles. The summed E-state index contributed by atoms with van der Waals surface area (Å²) >= 11 is 2.11. The molecule has 0 atom stereocenters. The molecule has 2 amide bonds. The van der Waals surface area contributed by atoms with Crippen molar-refractivity contribution >= 4 is 46.3 Å². The van der Waals surface area contributed by atoms with Crippen LogP contribution < -0.4 is 25.0 Å². The highest BCUT2D eigenvalue weighted by atomic mass is 127. The molecule has 0 fully saturated rings. The van der Waals surface area contributed by atoms with E-state index in [1.54, 1.807) is 48.5 Å². The Bertz CT molecular complexity index is 1320. The topological polar surface area (TPSA) is 122 Å². The lowest BCUT2D eigenvalue weighted by atomic mass is 10.1. The van der Waals surface area contributed by atoms with Gasteiger partial charge in [-0.2, -0.15) is 10.4 Å². The van der Waals surface area contributed by atoms with Crippen LogP contribution in [0.3, 0.4) is 0 Å². The van der Waals surface area contributed by atoms with E-state index in [2.05, 4.69) is 44.5 Å². The Morgan fingerprint density at radius 3 is 2.50 bits per heavy atom. The van der Waals surface area contributed by atoms with Crippen LogP contribution in [0.5, 0.6) is 17.2 Å². The predicted molar refractivity (Wildman–Crippen MR) is 143 cm³/mol. The Labute approximate surface area is 222 Å². The monoisotopic (exact) mass is 598 g/mol. The minimum atomic E-state index is -0.573. The molecule has 0 saturated heterocycles. The first kappa shape index (κ1) is 26.5. The summed E-state index contributed by atoms with van der Waals surface area (Å²) in [7, 11) is 3.01. The van der Waals surface area contributed by atoms with Gasteiger partial charge in [0.25, 0.3) is 0 Å². The SMILES string of the molecule is COc1ccccc1NC(=O)CC(=O)NN=Cc1cc(I)c(OCc2ccccc2C#N)c(OC)c1. The van der Waals surface area contributed by atoms with Crippen LogP contribution in [0.15, 0.2) is 65.8 Å². The highest BCUT2D eigenvalue weighted by Crippen LogP contribution is 2.34. The Kier molecular flexibility index (Phi) is 9.64. The molecule has 36 heavy (non-hydrogen) atoms. The normalized spacial score (nSPS) is 10.4. The maximum absolute atomic E-state index is 12.2. The Morgan fingerprint density at radius 2 is 1.75 bits per heavy atom. The van der Waals surface area contributed by atoms with Crippen molar-refractivity contribution in [3.05, 3.63) is 80.9 Å². The quantitative estimate of drug-likeness (QED) is 0.156. The van der Waals surface area contributed by atoms with Gasteiger partial charge >= 0.3 is 0 Å². The zero-order chi connectivity index (χ0) is 25.9. The minimum absolute atomic E-state index is 0.205. The first-order chi connectivity index (χ1) is 17.4. The third-order valence-corrected chi connectivity index (χ3v) is 5.67. The van der Waals surface area contributed by atoms with Crippen LogP contribution in [0.1, 0.15) is 23.1 Å². The van der Waals surface area contributed by atoms with Gasteiger partial charge in [-0.15, -0.1) is 0 Å². The number of nitriles is 1. The van der Waals surface area contributed by atoms with Crippen molar-refractivity contribution in [3.8, 4) is 23.3 Å². The Balaban J connectivity index is 1.59. The van der Waals surface area contributed by atoms with Crippen LogP contribution in [0.4, 0.5) is 5.69 Å². The number of anilines is 1. The lowest BCUT2D eigenvalue weighted by molar-refractivity contribution is -0.126. The van der Waals surface area contributed by atoms with Gasteiger partial charge in [-0.25, -0.2) is 5.43 Å². The highest BCUT2D eigenvalue weighted by molar-refractivity contribution is 14.1. The van der Waals surface area contributed by atoms with E-state index in [4.69, 9.17) is 14.2 Å². The van der Waals surface area contributed by atoms with E-state index < -0.39 is 18.2 Å². The first-order valence-corrected chi connectivity index (χ1v) is 11.8. The lowest BCUT2D eigenvalue weighted by Gasteiger charge is -2.14. The second kappa shape index (κ2) is 13.1. The van der Waals surface area contributed by atoms with Crippen molar-refractivity contribution in [3.63, 3.8) is 0 Å². The van der Waals surface area contributed by atoms with Crippen LogP contribution in [-0.2, 0) is 16.2 Å². The number of nitrogens with zero attached hydrogens (tertiary/aromatic N) is 2. The van der Waals surface area contributed by atoms with Crippen LogP contribution in [0.25, 0.3) is 0 Å². The number of halogens is 1. The fourth-order valence-corrected chi connectivity index (χ4v) is 3.95. The standard InChI is InChI=1S/C26H23IN4O5/c1-34-22-10-6-5-9-21(22)30-24(32)13-25(33)31-29-15-17-11-20(27)26(23(12-17)35-2)36-16-19-8-4-3-7-18(19)14-28/h3-12,15H,13,16H2,1-2H3,(H,30,32)(H,31,33). The number of carbonyl (C=O) groups is 2. The number of rotatable bonds is 10. The predicted octanol–water partition coefficient (Wildman–Crippen LogP) is 4.24. The maximum Gasteiger partial charge on any atom is 0.249 e. The molecule has 3 aromatic rings. The number of benzene rings is 3. The summed E-state index contributed by atoms with van der Waals surface area (Å²) < 4.78 is 17.3. The van der Waals surface area contributed by atoms with Crippen LogP contribution in [-0.4, -0.2) is 32.2 Å². The molecule has 0 heterocycles. The molecule has 0 radical (unpaired) electrons. The molecule has 0 unspecified atom stereocenters. The van der Waals surface area contributed by atoms with Gasteiger partial charge in [0.1, 0.15) is 18.8 Å². The van der Waals surface area contributed by atoms with Crippen molar-refractivity contribution in [2.75, 3.05) is 19.5 Å². The molecule has 0 aliphatic carbocycles. The van der Waals surface area contributed by atoms with E-state index in [0.717, 1.165) is 9.13 Å². The van der Waals surface area contributed by atoms with Gasteiger partial charge in [-0.3, -0.25) is 9.59 Å². The fraction of sp³-hybridized carbons (Fsp3) is 0.154. The van der Waals surface area contributed by atoms with E-state index in [9.17, 15) is 14.9 Å². The van der Waals surface area contributed by atoms with Crippen molar-refractivity contribution in [1.82, 2.24) is 5.43 Å². The van der Waals surface area contributed by atoms with Gasteiger partial charge in [0.05, 0.1) is 41.3 Å². The average molecular weight is 598 g/mol. The van der Waals surface area contributed by atoms with Gasteiger partial charge in [0, 0.05) is 5.56 Å². The van der Waals surface area contributed by atoms with Gasteiger partial charge in [0.2, 0.25) is 11.8 Å². The number of nitrogens with one attached hydrogen (secondary N) is 2. The number of carbonyl (C=O) groups excluding carboxylic acids is 2. The number of hydrogen-bond donors (Lipinski definition) is 2. The number of hydrazone groups is 1. The molecule has 10 heteroatoms. The number of para-hydroxylation sites is 2. The minimum Gasteiger partial charge on any atom is -0.495 e. The smallest absolute Gasteiger partial charge is 0.249 e. The van der Waals surface area contributed by atoms with E-state index in [0.29, 0.717) is 34.1 Å². The molecule has 9 nitrogen and oxygen atoms in total. The van der Waals surface area contributed by atoms with Crippen molar-refractivity contribution in [2.24, 2.45) is 5.10 Å². The zero-order valence-corrected chi connectivity index (χ0v) is 21.7. The van der Waals surface area contributed by atoms with Gasteiger partial charge in [-0.1, -0.05) is 30.3 Å². The molecule has 0 aromatic heterocycles. The number of methoxy groups -OCH3 is 2. The Morgan fingerprint density at radius 1 is 1.03 bits per heavy atom. The van der Waals surface area contributed by atoms with Gasteiger partial charge in [-0.05, 0) is 58.5 Å². The third-order valence-electron chi connectivity index (χ3n) is 4.87. The van der Waals surface area contributed by atoms with E-state index in [1.165, 1.54) is 20.4 Å². The summed E-state index contributed by atoms with van der Waals surface area (Å²) in [5.41, 5.74) is 4.78. The summed E-state index contributed by atoms with van der Waals surface area (Å²) in [5, 5.41) is 15.8. The van der Waals surface area contributed by atoms with Crippen LogP contribution >= 0.6 is 22.6 Å². The van der Waals surface area contributed by atoms with Gasteiger partial charge < -0.3 is 19.5 Å². The molecule has 0 bridgehead atoms. The first-order valence-electron chi connectivity index (χ1n) is 10.7. The van der Waals surface area contributed by atoms with Crippen molar-refractivity contribution < 1.29 is 23.8 Å². The van der Waals surface area contributed by atoms with Crippen LogP contribution in [0, 0.1) is 14.9 Å². The highest BCUT2D eigenvalue weighted by Gasteiger charge is 2.14. The second-order valence-electron chi connectivity index (χ2n) is 7.31. The van der Waals surface area contributed by atoms with E-state index in [1.807, 2.05) is 12.1 Å². The summed E-state index contributed by atoms with van der Waals surface area (Å²) in [5.74, 6) is 0.425. The maximum atomic E-state index is 12.2. The number of amides is 2. The van der Waals surface area contributed by atoms with Crippen molar-refractivity contribution in [1.29, 1.82) is 5.26 Å². The molecule has 184 valence electrons. The molecule has 2 N–H and O–H groups in total. The Hall–Kier alpha value is -4.11.